The Morgan fingerprint density at radius 3 is 2.10 bits per heavy atom. The monoisotopic (exact) mass is 827 g/mol. The molecule has 16 nitrogen and oxygen atoms in total. The summed E-state index contributed by atoms with van der Waals surface area (Å²) >= 11 is 0. The highest BCUT2D eigenvalue weighted by Crippen LogP contribution is 2.35. The van der Waals surface area contributed by atoms with E-state index in [2.05, 4.69) is 31.0 Å². The van der Waals surface area contributed by atoms with E-state index in [0.29, 0.717) is 84.5 Å². The zero-order valence-corrected chi connectivity index (χ0v) is 34.6. The minimum atomic E-state index is -1.06. The normalized spacial score (nSPS) is 12.1. The number of benzene rings is 3. The van der Waals surface area contributed by atoms with E-state index < -0.39 is 24.0 Å². The predicted octanol–water partition coefficient (Wildman–Crippen LogP) is 6.63. The lowest BCUT2D eigenvalue weighted by Crippen LogP contribution is -2.50. The van der Waals surface area contributed by atoms with Crippen LogP contribution < -0.4 is 20.7 Å². The molecule has 0 radical (unpaired) electrons. The molecule has 0 aliphatic rings. The van der Waals surface area contributed by atoms with Crippen LogP contribution >= 0.6 is 0 Å². The van der Waals surface area contributed by atoms with E-state index in [1.165, 1.54) is 0 Å². The molecule has 4 rings (SSSR count). The first kappa shape index (κ1) is 46.9. The minimum Gasteiger partial charge on any atom is -0.491 e. The molecule has 322 valence electrons. The number of amides is 2. The first-order chi connectivity index (χ1) is 29.2. The highest BCUT2D eigenvalue weighted by atomic mass is 16.6. The third-order valence-corrected chi connectivity index (χ3v) is 9.27. The van der Waals surface area contributed by atoms with Gasteiger partial charge in [-0.2, -0.15) is 0 Å². The second-order valence-electron chi connectivity index (χ2n) is 14.2. The van der Waals surface area contributed by atoms with E-state index in [4.69, 9.17) is 29.2 Å². The number of rotatable bonds is 29. The molecule has 60 heavy (non-hydrogen) atoms. The number of carboxylic acids is 1. The molecule has 0 bridgehead atoms. The van der Waals surface area contributed by atoms with Gasteiger partial charge >= 0.3 is 5.97 Å². The predicted molar refractivity (Wildman–Crippen MR) is 229 cm³/mol. The second-order valence-corrected chi connectivity index (χ2v) is 14.2. The lowest BCUT2D eigenvalue weighted by atomic mass is 9.95. The van der Waals surface area contributed by atoms with Crippen LogP contribution in [0.3, 0.4) is 0 Å². The number of hydrogen-bond acceptors (Lipinski definition) is 11. The van der Waals surface area contributed by atoms with Gasteiger partial charge in [0.15, 0.2) is 0 Å². The van der Waals surface area contributed by atoms with Crippen molar-refractivity contribution in [3.63, 3.8) is 0 Å². The Labute approximate surface area is 350 Å². The van der Waals surface area contributed by atoms with Crippen LogP contribution in [0.5, 0.6) is 5.75 Å². The van der Waals surface area contributed by atoms with Gasteiger partial charge in [0.05, 0.1) is 65.3 Å². The summed E-state index contributed by atoms with van der Waals surface area (Å²) in [6.45, 7) is 10.2. The first-order valence-electron chi connectivity index (χ1n) is 20.2. The van der Waals surface area contributed by atoms with Crippen LogP contribution in [0.1, 0.15) is 50.3 Å². The maximum Gasteiger partial charge on any atom is 0.305 e. The molecule has 4 N–H and O–H groups in total. The number of ether oxygens (including phenoxy) is 5. The second kappa shape index (κ2) is 26.4. The number of hydrogen-bond donors (Lipinski definition) is 4. The molecule has 0 aliphatic heterocycles. The summed E-state index contributed by atoms with van der Waals surface area (Å²) in [5, 5.41) is 24.0. The fourth-order valence-corrected chi connectivity index (χ4v) is 6.23. The molecule has 4 aromatic rings. The van der Waals surface area contributed by atoms with Crippen LogP contribution in [0.15, 0.2) is 84.1 Å². The summed E-state index contributed by atoms with van der Waals surface area (Å²) in [7, 11) is 0. The molecule has 2 amide bonds. The Hall–Kier alpha value is -5.77. The van der Waals surface area contributed by atoms with Crippen LogP contribution in [0, 0.1) is 12.8 Å². The average molecular weight is 828 g/mol. The lowest BCUT2D eigenvalue weighted by molar-refractivity contribution is -0.138. The maximum atomic E-state index is 13.5. The van der Waals surface area contributed by atoms with Crippen molar-refractivity contribution in [1.29, 1.82) is 0 Å². The zero-order valence-electron chi connectivity index (χ0n) is 34.6. The number of nitrogens with zero attached hydrogens (tertiary/aromatic N) is 4. The first-order valence-corrected chi connectivity index (χ1v) is 20.2. The molecule has 0 fully saturated rings. The summed E-state index contributed by atoms with van der Waals surface area (Å²) in [5.41, 5.74) is 11.8. The molecule has 3 aromatic carbocycles. The van der Waals surface area contributed by atoms with Crippen molar-refractivity contribution >= 4 is 34.4 Å². The summed E-state index contributed by atoms with van der Waals surface area (Å²) in [5.74, 6) is -0.551. The van der Waals surface area contributed by atoms with Crippen molar-refractivity contribution in [1.82, 2.24) is 15.6 Å². The molecule has 0 aliphatic carbocycles. The quantitative estimate of drug-likeness (QED) is 0.0197. The fraction of sp³-hybridized carbons (Fsp3) is 0.455. The number of aryl methyl sites for hydroxylation is 1. The lowest BCUT2D eigenvalue weighted by Gasteiger charge is -2.25. The highest BCUT2D eigenvalue weighted by Gasteiger charge is 2.28. The molecule has 0 spiro atoms. The third-order valence-electron chi connectivity index (χ3n) is 9.27. The SMILES string of the molecule is Cc1ccnc(NCCCC(=O)NC(C(=O)NC(CC(=O)O)c2ccc(-c3ccc(OCCOCCOCCOCCOCCN=[N+]=[N-])c4ccccc34)cc2)C(C)C)c1. The molecular formula is C44H57N7O9. The molecule has 2 unspecified atom stereocenters. The van der Waals surface area contributed by atoms with Crippen molar-refractivity contribution in [2.75, 3.05) is 77.9 Å². The van der Waals surface area contributed by atoms with Crippen molar-refractivity contribution in [3.8, 4) is 16.9 Å². The van der Waals surface area contributed by atoms with Crippen LogP contribution in [-0.2, 0) is 33.3 Å². The number of nitrogens with one attached hydrogen (secondary N) is 3. The number of aliphatic carboxylic acids is 1. The number of pyridine rings is 1. The molecule has 1 aromatic heterocycles. The smallest absolute Gasteiger partial charge is 0.305 e. The summed E-state index contributed by atoms with van der Waals surface area (Å²) in [4.78, 5) is 45.3. The molecule has 0 saturated heterocycles. The summed E-state index contributed by atoms with van der Waals surface area (Å²) in [6.07, 6.45) is 2.14. The van der Waals surface area contributed by atoms with Crippen molar-refractivity contribution in [3.05, 3.63) is 101 Å². The van der Waals surface area contributed by atoms with Gasteiger partial charge in [0.2, 0.25) is 11.8 Å². The van der Waals surface area contributed by atoms with Gasteiger partial charge in [0.25, 0.3) is 0 Å². The van der Waals surface area contributed by atoms with Crippen molar-refractivity contribution < 1.29 is 43.2 Å². The summed E-state index contributed by atoms with van der Waals surface area (Å²) in [6, 6.07) is 21.5. The van der Waals surface area contributed by atoms with Crippen molar-refractivity contribution in [2.24, 2.45) is 11.0 Å². The number of carbonyl (C=O) groups excluding carboxylic acids is 2. The van der Waals surface area contributed by atoms with Gasteiger partial charge in [-0.15, -0.1) is 0 Å². The van der Waals surface area contributed by atoms with E-state index in [1.54, 1.807) is 6.20 Å². The Morgan fingerprint density at radius 1 is 0.817 bits per heavy atom. The molecule has 2 atom stereocenters. The molecule has 0 saturated carbocycles. The zero-order chi connectivity index (χ0) is 43.0. The molecule has 16 heteroatoms. The van der Waals surface area contributed by atoms with Gasteiger partial charge in [-0.3, -0.25) is 14.4 Å². The standard InChI is InChI=1S/C44H57N7O9/c1-31(2)43(50-41(52)9-6-17-46-40-29-32(3)16-18-47-40)44(55)49-38(30-42(53)54)34-12-10-33(11-13-34)35-14-15-39(37-8-5-4-7-36(35)37)60-28-27-59-26-25-58-24-23-57-22-21-56-20-19-48-51-45/h4-5,7-8,10-16,18,29,31,38,43H,6,9,17,19-28,30H2,1-3H3,(H,46,47)(H,49,55)(H,50,52)(H,53,54). The van der Waals surface area contributed by atoms with Crippen molar-refractivity contribution in [2.45, 2.75) is 52.1 Å². The molecular weight excluding hydrogens is 771 g/mol. The number of carbonyl (C=O) groups is 3. The van der Waals surface area contributed by atoms with E-state index in [9.17, 15) is 19.5 Å². The maximum absolute atomic E-state index is 13.5. The Kier molecular flexibility index (Phi) is 20.6. The number of anilines is 1. The topological polar surface area (TPSA) is 215 Å². The van der Waals surface area contributed by atoms with Gasteiger partial charge in [-0.05, 0) is 70.6 Å². The number of fused-ring (bicyclic) bond motifs is 1. The van der Waals surface area contributed by atoms with Gasteiger partial charge in [-0.1, -0.05) is 73.6 Å². The van der Waals surface area contributed by atoms with Crippen LogP contribution in [0.25, 0.3) is 32.3 Å². The Balaban J connectivity index is 1.26. The Morgan fingerprint density at radius 2 is 1.47 bits per heavy atom. The van der Waals surface area contributed by atoms with Gasteiger partial charge in [0.1, 0.15) is 24.2 Å². The van der Waals surface area contributed by atoms with E-state index in [0.717, 1.165) is 39.0 Å². The van der Waals surface area contributed by atoms with Gasteiger partial charge < -0.3 is 44.7 Å². The number of aromatic nitrogens is 1. The Bertz CT molecular complexity index is 1990. The highest BCUT2D eigenvalue weighted by molar-refractivity contribution is 6.00. The van der Waals surface area contributed by atoms with Crippen LogP contribution in [-0.4, -0.2) is 106 Å². The number of carboxylic acid groups (broad SMARTS) is 1. The minimum absolute atomic E-state index is 0.211. The van der Waals surface area contributed by atoms with Crippen LogP contribution in [0.2, 0.25) is 0 Å². The van der Waals surface area contributed by atoms with Gasteiger partial charge in [-0.25, -0.2) is 4.98 Å². The molecule has 1 heterocycles. The largest absolute Gasteiger partial charge is 0.491 e. The van der Waals surface area contributed by atoms with Gasteiger partial charge in [0, 0.05) is 36.0 Å². The van der Waals surface area contributed by atoms with E-state index >= 15 is 0 Å². The third kappa shape index (κ3) is 16.5. The van der Waals surface area contributed by atoms with E-state index in [-0.39, 0.29) is 24.7 Å². The number of azide groups is 1. The fourth-order valence-electron chi connectivity index (χ4n) is 6.23. The summed E-state index contributed by atoms with van der Waals surface area (Å²) < 4.78 is 28.0. The average Bonchev–Trinajstić information content (AvgIpc) is 3.23. The van der Waals surface area contributed by atoms with E-state index in [1.807, 2.05) is 93.6 Å². The van der Waals surface area contributed by atoms with Crippen LogP contribution in [0.4, 0.5) is 5.82 Å².